The molecule has 1 aliphatic carbocycles. The molecule has 2 aromatic rings. The molecular weight excluding hydrogens is 480 g/mol. The van der Waals surface area contributed by atoms with Gasteiger partial charge in [-0.15, -0.1) is 0 Å². The average Bonchev–Trinajstić information content (AvgIpc) is 3.17. The van der Waals surface area contributed by atoms with Crippen LogP contribution in [0.15, 0.2) is 36.4 Å². The molecule has 0 aromatic heterocycles. The number of halogens is 2. The first-order chi connectivity index (χ1) is 17.9. The number of carbonyl (C=O) groups excluding carboxylic acids is 3. The third-order valence-corrected chi connectivity index (χ3v) is 8.25. The lowest BCUT2D eigenvalue weighted by atomic mass is 9.84. The number of carbonyl (C=O) groups is 3. The molecule has 3 heterocycles. The summed E-state index contributed by atoms with van der Waals surface area (Å²) in [5.74, 6) is -1.83. The maximum Gasteiger partial charge on any atom is 0.255 e. The van der Waals surface area contributed by atoms with E-state index in [0.717, 1.165) is 37.3 Å². The van der Waals surface area contributed by atoms with Crippen LogP contribution < -0.4 is 10.1 Å². The summed E-state index contributed by atoms with van der Waals surface area (Å²) in [6.07, 6.45) is 4.55. The van der Waals surface area contributed by atoms with Crippen LogP contribution in [0.4, 0.5) is 8.78 Å². The maximum absolute atomic E-state index is 14.2. The fourth-order valence-corrected chi connectivity index (χ4v) is 6.25. The van der Waals surface area contributed by atoms with Crippen molar-refractivity contribution in [2.45, 2.75) is 69.2 Å². The molecule has 4 aliphatic rings. The van der Waals surface area contributed by atoms with Crippen LogP contribution >= 0.6 is 0 Å². The zero-order valence-electron chi connectivity index (χ0n) is 20.4. The lowest BCUT2D eigenvalue weighted by Crippen LogP contribution is -2.57. The molecule has 3 atom stereocenters. The van der Waals surface area contributed by atoms with Crippen molar-refractivity contribution in [2.75, 3.05) is 13.1 Å². The van der Waals surface area contributed by atoms with Crippen molar-refractivity contribution in [3.63, 3.8) is 0 Å². The van der Waals surface area contributed by atoms with Gasteiger partial charge >= 0.3 is 0 Å². The van der Waals surface area contributed by atoms with Gasteiger partial charge in [-0.05, 0) is 61.1 Å². The van der Waals surface area contributed by atoms with Gasteiger partial charge in [0.1, 0.15) is 17.9 Å². The molecule has 3 aliphatic heterocycles. The summed E-state index contributed by atoms with van der Waals surface area (Å²) in [6.45, 7) is 1.65. The van der Waals surface area contributed by atoms with E-state index in [4.69, 9.17) is 4.74 Å². The predicted molar refractivity (Wildman–Crippen MR) is 130 cm³/mol. The normalized spacial score (nSPS) is 26.6. The number of piperidine rings is 1. The first-order valence-electron chi connectivity index (χ1n) is 13.0. The number of nitrogens with one attached hydrogen (secondary N) is 1. The molecule has 0 bridgehead atoms. The number of likely N-dealkylation sites (tertiary alicyclic amines) is 1. The Kier molecular flexibility index (Phi) is 6.18. The van der Waals surface area contributed by atoms with Gasteiger partial charge in [0.15, 0.2) is 11.6 Å². The molecule has 7 nitrogen and oxygen atoms in total. The minimum atomic E-state index is -0.805. The van der Waals surface area contributed by atoms with E-state index in [1.807, 2.05) is 6.07 Å². The van der Waals surface area contributed by atoms with Crippen LogP contribution in [-0.4, -0.2) is 58.8 Å². The van der Waals surface area contributed by atoms with Crippen molar-refractivity contribution in [2.24, 2.45) is 0 Å². The molecule has 37 heavy (non-hydrogen) atoms. The second kappa shape index (κ2) is 9.52. The Morgan fingerprint density at radius 3 is 2.59 bits per heavy atom. The van der Waals surface area contributed by atoms with Crippen molar-refractivity contribution in [1.82, 2.24) is 15.1 Å². The molecular formula is C28H29F2N3O4. The predicted octanol–water partition coefficient (Wildman–Crippen LogP) is 3.52. The summed E-state index contributed by atoms with van der Waals surface area (Å²) in [6, 6.07) is 9.35. The van der Waals surface area contributed by atoms with Crippen molar-refractivity contribution < 1.29 is 27.9 Å². The number of nitrogens with zero attached hydrogens (tertiary/aromatic N) is 2. The van der Waals surface area contributed by atoms with Crippen LogP contribution in [0.5, 0.6) is 5.75 Å². The molecule has 194 valence electrons. The summed E-state index contributed by atoms with van der Waals surface area (Å²) < 4.78 is 34.4. The first kappa shape index (κ1) is 24.0. The maximum atomic E-state index is 14.2. The second-order valence-electron chi connectivity index (χ2n) is 10.5. The Balaban J connectivity index is 1.12. The average molecular weight is 510 g/mol. The molecule has 1 unspecified atom stereocenters. The Bertz CT molecular complexity index is 1260. The van der Waals surface area contributed by atoms with Gasteiger partial charge in [0.2, 0.25) is 11.8 Å². The van der Waals surface area contributed by atoms with Gasteiger partial charge < -0.3 is 9.64 Å². The second-order valence-corrected chi connectivity index (χ2v) is 10.5. The van der Waals surface area contributed by atoms with E-state index in [-0.39, 0.29) is 36.3 Å². The molecule has 3 fully saturated rings. The van der Waals surface area contributed by atoms with Crippen molar-refractivity contribution in [1.29, 1.82) is 0 Å². The van der Waals surface area contributed by atoms with E-state index >= 15 is 0 Å². The summed E-state index contributed by atoms with van der Waals surface area (Å²) >= 11 is 0. The number of rotatable bonds is 5. The van der Waals surface area contributed by atoms with Crippen molar-refractivity contribution in [3.8, 4) is 5.75 Å². The summed E-state index contributed by atoms with van der Waals surface area (Å²) in [7, 11) is 0. The number of fused-ring (bicyclic) bond motifs is 1. The molecule has 0 radical (unpaired) electrons. The van der Waals surface area contributed by atoms with E-state index in [1.165, 1.54) is 4.90 Å². The van der Waals surface area contributed by atoms with Crippen LogP contribution in [0.1, 0.15) is 65.9 Å². The van der Waals surface area contributed by atoms with Gasteiger partial charge in [0, 0.05) is 43.6 Å². The van der Waals surface area contributed by atoms with E-state index in [0.29, 0.717) is 42.9 Å². The van der Waals surface area contributed by atoms with Crippen LogP contribution in [0.25, 0.3) is 0 Å². The molecule has 1 N–H and O–H groups in total. The fourth-order valence-electron chi connectivity index (χ4n) is 6.25. The summed E-state index contributed by atoms with van der Waals surface area (Å²) in [5, 5.41) is 2.32. The van der Waals surface area contributed by atoms with Crippen molar-refractivity contribution >= 4 is 17.7 Å². The minimum absolute atomic E-state index is 0.0254. The van der Waals surface area contributed by atoms with E-state index < -0.39 is 23.6 Å². The number of ether oxygens (including phenoxy) is 1. The third-order valence-electron chi connectivity index (χ3n) is 8.25. The highest BCUT2D eigenvalue weighted by Crippen LogP contribution is 2.37. The van der Waals surface area contributed by atoms with Crippen LogP contribution in [0.2, 0.25) is 0 Å². The van der Waals surface area contributed by atoms with Crippen molar-refractivity contribution in [3.05, 3.63) is 64.7 Å². The number of hydrogen-bond acceptors (Lipinski definition) is 5. The Hall–Kier alpha value is -3.33. The third kappa shape index (κ3) is 4.39. The monoisotopic (exact) mass is 509 g/mol. The van der Waals surface area contributed by atoms with E-state index in [1.54, 1.807) is 24.3 Å². The topological polar surface area (TPSA) is 79.0 Å². The standard InChI is InChI=1S/C28H29F2N3O4/c29-21-5-3-4-19(26(21)30)17-13-32(14-17)22-6-1-2-7-24(22)37-18-8-9-20-16(12-18)15-33(28(20)36)23-10-11-25(34)31-27(23)35/h3-5,8-9,12,17,22-24H,1-2,6-7,10-11,13-15H2,(H,31,34,35)/t22-,23?,24-/m1/s1. The molecule has 3 amide bonds. The quantitative estimate of drug-likeness (QED) is 0.625. The highest BCUT2D eigenvalue weighted by atomic mass is 19.2. The molecule has 1 saturated carbocycles. The number of hydrogen-bond donors (Lipinski definition) is 1. The van der Waals surface area contributed by atoms with Crippen LogP contribution in [0.3, 0.4) is 0 Å². The zero-order valence-corrected chi connectivity index (χ0v) is 20.4. The van der Waals surface area contributed by atoms with Gasteiger partial charge in [-0.3, -0.25) is 24.6 Å². The van der Waals surface area contributed by atoms with Gasteiger partial charge in [0.25, 0.3) is 5.91 Å². The van der Waals surface area contributed by atoms with Crippen LogP contribution in [0, 0.1) is 11.6 Å². The lowest BCUT2D eigenvalue weighted by molar-refractivity contribution is -0.136. The highest BCUT2D eigenvalue weighted by molar-refractivity contribution is 6.05. The summed E-state index contributed by atoms with van der Waals surface area (Å²) in [5.41, 5.74) is 1.80. The minimum Gasteiger partial charge on any atom is -0.489 e. The molecule has 2 aromatic carbocycles. The Labute approximate surface area is 213 Å². The lowest BCUT2D eigenvalue weighted by Gasteiger charge is -2.48. The number of imide groups is 1. The summed E-state index contributed by atoms with van der Waals surface area (Å²) in [4.78, 5) is 40.6. The van der Waals surface area contributed by atoms with Gasteiger partial charge in [-0.2, -0.15) is 0 Å². The fraction of sp³-hybridized carbons (Fsp3) is 0.464. The highest BCUT2D eigenvalue weighted by Gasteiger charge is 2.41. The Morgan fingerprint density at radius 1 is 0.973 bits per heavy atom. The van der Waals surface area contributed by atoms with Gasteiger partial charge in [-0.25, -0.2) is 8.78 Å². The van der Waals surface area contributed by atoms with Gasteiger partial charge in [-0.1, -0.05) is 18.6 Å². The van der Waals surface area contributed by atoms with E-state index in [9.17, 15) is 23.2 Å². The number of benzene rings is 2. The van der Waals surface area contributed by atoms with Gasteiger partial charge in [0.05, 0.1) is 0 Å². The molecule has 2 saturated heterocycles. The first-order valence-corrected chi connectivity index (χ1v) is 13.0. The Morgan fingerprint density at radius 2 is 1.78 bits per heavy atom. The molecule has 0 spiro atoms. The molecule has 6 rings (SSSR count). The van der Waals surface area contributed by atoms with E-state index in [2.05, 4.69) is 10.2 Å². The smallest absolute Gasteiger partial charge is 0.255 e. The SMILES string of the molecule is O=C1CCC(N2Cc3cc(O[C@@H]4CCCC[C@H]4N4CC(c5cccc(F)c5F)C4)ccc3C2=O)C(=O)N1. The molecule has 9 heteroatoms. The number of amides is 3. The largest absolute Gasteiger partial charge is 0.489 e. The van der Waals surface area contributed by atoms with Crippen LogP contribution in [-0.2, 0) is 16.1 Å². The zero-order chi connectivity index (χ0) is 25.7.